The highest BCUT2D eigenvalue weighted by molar-refractivity contribution is 7.80. The Kier molecular flexibility index (Phi) is 9.40. The first-order chi connectivity index (χ1) is 9.65. The van der Waals surface area contributed by atoms with Gasteiger partial charge in [0, 0.05) is 26.2 Å². The molecule has 0 aliphatic carbocycles. The van der Waals surface area contributed by atoms with Crippen molar-refractivity contribution in [1.29, 1.82) is 0 Å². The van der Waals surface area contributed by atoms with Crippen molar-refractivity contribution < 1.29 is 0 Å². The van der Waals surface area contributed by atoms with Crippen LogP contribution in [0.5, 0.6) is 0 Å². The molecule has 4 heteroatoms. The van der Waals surface area contributed by atoms with Gasteiger partial charge in [0.05, 0.1) is 11.0 Å². The van der Waals surface area contributed by atoms with E-state index in [0.717, 1.165) is 13.1 Å². The number of hydrogen-bond donors (Lipinski definition) is 1. The van der Waals surface area contributed by atoms with E-state index in [2.05, 4.69) is 23.6 Å². The van der Waals surface area contributed by atoms with Crippen molar-refractivity contribution >= 4 is 17.2 Å². The van der Waals surface area contributed by atoms with Gasteiger partial charge in [-0.05, 0) is 19.9 Å². The van der Waals surface area contributed by atoms with Crippen molar-refractivity contribution in [3.8, 4) is 0 Å². The first kappa shape index (κ1) is 17.9. The molecule has 1 atom stereocenters. The molecule has 1 rings (SSSR count). The van der Waals surface area contributed by atoms with Crippen molar-refractivity contribution in [2.75, 3.05) is 32.7 Å². The Labute approximate surface area is 130 Å². The molecule has 0 aromatic heterocycles. The predicted octanol–water partition coefficient (Wildman–Crippen LogP) is 3.03. The summed E-state index contributed by atoms with van der Waals surface area (Å²) in [5, 5.41) is 0. The number of nitrogens with zero attached hydrogens (tertiary/aromatic N) is 2. The van der Waals surface area contributed by atoms with E-state index in [0.29, 0.717) is 4.99 Å². The summed E-state index contributed by atoms with van der Waals surface area (Å²) in [6.07, 6.45) is 9.76. The maximum Gasteiger partial charge on any atom is 0.0899 e. The van der Waals surface area contributed by atoms with Crippen molar-refractivity contribution in [1.82, 2.24) is 9.80 Å². The zero-order chi connectivity index (χ0) is 14.8. The van der Waals surface area contributed by atoms with Gasteiger partial charge in [-0.25, -0.2) is 0 Å². The predicted molar refractivity (Wildman–Crippen MR) is 92.3 cm³/mol. The van der Waals surface area contributed by atoms with Crippen molar-refractivity contribution in [3.63, 3.8) is 0 Å². The Morgan fingerprint density at radius 2 is 1.55 bits per heavy atom. The molecule has 1 aliphatic heterocycles. The lowest BCUT2D eigenvalue weighted by atomic mass is 10.1. The Hall–Kier alpha value is -0.190. The molecule has 2 N–H and O–H groups in total. The molecule has 0 aromatic rings. The molecule has 0 radical (unpaired) electrons. The summed E-state index contributed by atoms with van der Waals surface area (Å²) in [6, 6.07) is 0.255. The molecule has 20 heavy (non-hydrogen) atoms. The third kappa shape index (κ3) is 7.00. The monoisotopic (exact) mass is 299 g/mol. The Morgan fingerprint density at radius 3 is 2.10 bits per heavy atom. The SMILES string of the molecule is CCCCCCCCCN1CCN(C(C)C(N)=S)CC1. The molecule has 1 fully saturated rings. The van der Waals surface area contributed by atoms with E-state index in [4.69, 9.17) is 18.0 Å². The molecule has 0 amide bonds. The van der Waals surface area contributed by atoms with Gasteiger partial charge in [-0.15, -0.1) is 0 Å². The van der Waals surface area contributed by atoms with Crippen LogP contribution in [-0.2, 0) is 0 Å². The average molecular weight is 300 g/mol. The summed E-state index contributed by atoms with van der Waals surface area (Å²) in [6.45, 7) is 10.2. The van der Waals surface area contributed by atoms with Crippen LogP contribution >= 0.6 is 12.2 Å². The molecule has 1 unspecified atom stereocenters. The molecule has 118 valence electrons. The van der Waals surface area contributed by atoms with E-state index < -0.39 is 0 Å². The Balaban J connectivity index is 2.01. The van der Waals surface area contributed by atoms with Gasteiger partial charge in [-0.2, -0.15) is 0 Å². The normalized spacial score (nSPS) is 19.1. The van der Waals surface area contributed by atoms with Gasteiger partial charge < -0.3 is 10.6 Å². The first-order valence-electron chi connectivity index (χ1n) is 8.41. The standard InChI is InChI=1S/C16H33N3S/c1-3-4-5-6-7-8-9-10-18-11-13-19(14-12-18)15(2)16(17)20/h15H,3-14H2,1-2H3,(H2,17,20). The number of thiocarbonyl (C=S) groups is 1. The summed E-state index contributed by atoms with van der Waals surface area (Å²) in [5.41, 5.74) is 5.73. The summed E-state index contributed by atoms with van der Waals surface area (Å²) in [5.74, 6) is 0. The molecule has 0 spiro atoms. The van der Waals surface area contributed by atoms with Gasteiger partial charge in [0.1, 0.15) is 0 Å². The topological polar surface area (TPSA) is 32.5 Å². The summed E-state index contributed by atoms with van der Waals surface area (Å²) in [4.78, 5) is 5.63. The van der Waals surface area contributed by atoms with E-state index >= 15 is 0 Å². The van der Waals surface area contributed by atoms with E-state index in [1.165, 1.54) is 64.6 Å². The Bertz CT molecular complexity index is 262. The quantitative estimate of drug-likeness (QED) is 0.496. The van der Waals surface area contributed by atoms with Crippen LogP contribution in [0, 0.1) is 0 Å². The first-order valence-corrected chi connectivity index (χ1v) is 8.81. The average Bonchev–Trinajstić information content (AvgIpc) is 2.46. The van der Waals surface area contributed by atoms with Gasteiger partial charge in [0.15, 0.2) is 0 Å². The van der Waals surface area contributed by atoms with Gasteiger partial charge in [-0.3, -0.25) is 4.90 Å². The zero-order valence-corrected chi connectivity index (χ0v) is 14.3. The second-order valence-electron chi connectivity index (χ2n) is 6.08. The molecule has 0 aromatic carbocycles. The van der Waals surface area contributed by atoms with Crippen LogP contribution in [0.2, 0.25) is 0 Å². The highest BCUT2D eigenvalue weighted by atomic mass is 32.1. The van der Waals surface area contributed by atoms with Crippen LogP contribution < -0.4 is 5.73 Å². The lowest BCUT2D eigenvalue weighted by Gasteiger charge is -2.37. The highest BCUT2D eigenvalue weighted by Crippen LogP contribution is 2.10. The summed E-state index contributed by atoms with van der Waals surface area (Å²) < 4.78 is 0. The molecular weight excluding hydrogens is 266 g/mol. The van der Waals surface area contributed by atoms with Crippen LogP contribution in [0.1, 0.15) is 58.8 Å². The second kappa shape index (κ2) is 10.5. The van der Waals surface area contributed by atoms with Crippen molar-refractivity contribution in [3.05, 3.63) is 0 Å². The maximum atomic E-state index is 5.73. The summed E-state index contributed by atoms with van der Waals surface area (Å²) >= 11 is 5.08. The minimum Gasteiger partial charge on any atom is -0.392 e. The molecule has 1 aliphatic rings. The minimum absolute atomic E-state index is 0.255. The third-order valence-corrected chi connectivity index (χ3v) is 4.79. The van der Waals surface area contributed by atoms with E-state index in [-0.39, 0.29) is 6.04 Å². The van der Waals surface area contributed by atoms with Gasteiger partial charge >= 0.3 is 0 Å². The number of rotatable bonds is 10. The van der Waals surface area contributed by atoms with Crippen LogP contribution in [0.25, 0.3) is 0 Å². The fraction of sp³-hybridized carbons (Fsp3) is 0.938. The minimum atomic E-state index is 0.255. The van der Waals surface area contributed by atoms with E-state index in [1.54, 1.807) is 0 Å². The molecule has 3 nitrogen and oxygen atoms in total. The van der Waals surface area contributed by atoms with Gasteiger partial charge in [0.25, 0.3) is 0 Å². The zero-order valence-electron chi connectivity index (χ0n) is 13.4. The highest BCUT2D eigenvalue weighted by Gasteiger charge is 2.21. The van der Waals surface area contributed by atoms with Crippen LogP contribution in [0.15, 0.2) is 0 Å². The Morgan fingerprint density at radius 1 is 1.00 bits per heavy atom. The number of hydrogen-bond acceptors (Lipinski definition) is 3. The number of piperazine rings is 1. The second-order valence-corrected chi connectivity index (χ2v) is 6.55. The molecule has 0 saturated carbocycles. The largest absolute Gasteiger partial charge is 0.392 e. The molecule has 1 saturated heterocycles. The molecule has 0 bridgehead atoms. The third-order valence-electron chi connectivity index (χ3n) is 4.44. The van der Waals surface area contributed by atoms with Crippen LogP contribution in [0.4, 0.5) is 0 Å². The fourth-order valence-corrected chi connectivity index (χ4v) is 3.00. The van der Waals surface area contributed by atoms with Crippen LogP contribution in [-0.4, -0.2) is 53.6 Å². The molecular formula is C16H33N3S. The van der Waals surface area contributed by atoms with Gasteiger partial charge in [-0.1, -0.05) is 57.7 Å². The van der Waals surface area contributed by atoms with Crippen molar-refractivity contribution in [2.24, 2.45) is 5.73 Å². The number of unbranched alkanes of at least 4 members (excludes halogenated alkanes) is 6. The van der Waals surface area contributed by atoms with Crippen molar-refractivity contribution in [2.45, 2.75) is 64.8 Å². The van der Waals surface area contributed by atoms with E-state index in [1.807, 2.05) is 0 Å². The number of nitrogens with two attached hydrogens (primary N) is 1. The van der Waals surface area contributed by atoms with Crippen LogP contribution in [0.3, 0.4) is 0 Å². The lowest BCUT2D eigenvalue weighted by Crippen LogP contribution is -2.52. The van der Waals surface area contributed by atoms with E-state index in [9.17, 15) is 0 Å². The lowest BCUT2D eigenvalue weighted by molar-refractivity contribution is 0.121. The van der Waals surface area contributed by atoms with Gasteiger partial charge in [0.2, 0.25) is 0 Å². The molecule has 1 heterocycles. The summed E-state index contributed by atoms with van der Waals surface area (Å²) in [7, 11) is 0. The smallest absolute Gasteiger partial charge is 0.0899 e. The maximum absolute atomic E-state index is 5.73. The fourth-order valence-electron chi connectivity index (χ4n) is 2.85.